The molecule has 25 heavy (non-hydrogen) atoms. The van der Waals surface area contributed by atoms with Gasteiger partial charge in [-0.25, -0.2) is 4.79 Å². The number of alkyl halides is 3. The van der Waals surface area contributed by atoms with E-state index in [9.17, 15) is 18.0 Å². The largest absolute Gasteiger partial charge is 0.444 e. The molecule has 0 unspecified atom stereocenters. The summed E-state index contributed by atoms with van der Waals surface area (Å²) < 4.78 is 43.7. The van der Waals surface area contributed by atoms with Crippen LogP contribution in [0.2, 0.25) is 0 Å². The highest BCUT2D eigenvalue weighted by molar-refractivity contribution is 5.68. The summed E-state index contributed by atoms with van der Waals surface area (Å²) in [6.45, 7) is 6.56. The van der Waals surface area contributed by atoms with Crippen molar-refractivity contribution in [1.29, 1.82) is 0 Å². The van der Waals surface area contributed by atoms with Gasteiger partial charge in [0.05, 0.1) is 5.56 Å². The summed E-state index contributed by atoms with van der Waals surface area (Å²) >= 11 is 0. The quantitative estimate of drug-likeness (QED) is 0.682. The Balaban J connectivity index is 2.01. The number of carbonyl (C=O) groups excluding carboxylic acids is 1. The second-order valence-electron chi connectivity index (χ2n) is 7.27. The number of hydrogen-bond donors (Lipinski definition) is 0. The van der Waals surface area contributed by atoms with E-state index in [1.807, 2.05) is 26.8 Å². The SMILES string of the molecule is CC(C)(C)OC(=O)N1CCCC(=CCc2cccc(C(F)(F)F)c2)C1. The number of amides is 1. The maximum Gasteiger partial charge on any atom is 0.416 e. The first-order valence-electron chi connectivity index (χ1n) is 8.36. The molecule has 2 rings (SSSR count). The molecular weight excluding hydrogens is 331 g/mol. The third kappa shape index (κ3) is 6.11. The van der Waals surface area contributed by atoms with Gasteiger partial charge in [0.25, 0.3) is 0 Å². The molecule has 0 N–H and O–H groups in total. The number of ether oxygens (including phenoxy) is 1. The summed E-state index contributed by atoms with van der Waals surface area (Å²) in [6, 6.07) is 5.35. The molecule has 138 valence electrons. The van der Waals surface area contributed by atoms with E-state index in [0.29, 0.717) is 25.1 Å². The molecule has 0 aromatic heterocycles. The van der Waals surface area contributed by atoms with Gasteiger partial charge < -0.3 is 9.64 Å². The molecule has 0 bridgehead atoms. The molecule has 1 fully saturated rings. The minimum atomic E-state index is -4.33. The lowest BCUT2D eigenvalue weighted by atomic mass is 10.0. The number of allylic oxidation sites excluding steroid dienone is 1. The van der Waals surface area contributed by atoms with Gasteiger partial charge in [-0.1, -0.05) is 29.8 Å². The fourth-order valence-electron chi connectivity index (χ4n) is 2.69. The predicted molar refractivity (Wildman–Crippen MR) is 90.3 cm³/mol. The molecule has 1 aromatic rings. The third-order valence-electron chi connectivity index (χ3n) is 3.85. The van der Waals surface area contributed by atoms with Gasteiger partial charge in [-0.2, -0.15) is 13.2 Å². The van der Waals surface area contributed by atoms with Crippen LogP contribution in [0.3, 0.4) is 0 Å². The van der Waals surface area contributed by atoms with Crippen LogP contribution in [0, 0.1) is 0 Å². The standard InChI is InChI=1S/C19H24F3NO2/c1-18(2,3)25-17(24)23-11-5-7-15(13-23)10-9-14-6-4-8-16(12-14)19(20,21)22/h4,6,8,10,12H,5,7,9,11,13H2,1-3H3. The van der Waals surface area contributed by atoms with Crippen molar-refractivity contribution in [2.75, 3.05) is 13.1 Å². The number of rotatable bonds is 2. The minimum absolute atomic E-state index is 0.350. The Bertz CT molecular complexity index is 645. The molecule has 0 aliphatic carbocycles. The van der Waals surface area contributed by atoms with E-state index in [2.05, 4.69) is 0 Å². The minimum Gasteiger partial charge on any atom is -0.444 e. The summed E-state index contributed by atoms with van der Waals surface area (Å²) in [7, 11) is 0. The van der Waals surface area contributed by atoms with Crippen molar-refractivity contribution < 1.29 is 22.7 Å². The Hall–Kier alpha value is -1.98. The average molecular weight is 355 g/mol. The first-order valence-corrected chi connectivity index (χ1v) is 8.36. The van der Waals surface area contributed by atoms with Crippen molar-refractivity contribution in [3.8, 4) is 0 Å². The van der Waals surface area contributed by atoms with Gasteiger partial charge in [-0.3, -0.25) is 0 Å². The number of halogens is 3. The molecule has 0 atom stereocenters. The zero-order valence-electron chi connectivity index (χ0n) is 14.8. The molecule has 3 nitrogen and oxygen atoms in total. The molecule has 6 heteroatoms. The van der Waals surface area contributed by atoms with Gasteiger partial charge in [-0.15, -0.1) is 0 Å². The average Bonchev–Trinajstić information content (AvgIpc) is 2.51. The Labute approximate surface area is 146 Å². The Morgan fingerprint density at radius 2 is 2.00 bits per heavy atom. The fourth-order valence-corrected chi connectivity index (χ4v) is 2.69. The molecule has 1 heterocycles. The van der Waals surface area contributed by atoms with Crippen molar-refractivity contribution in [2.24, 2.45) is 0 Å². The van der Waals surface area contributed by atoms with Crippen LogP contribution >= 0.6 is 0 Å². The highest BCUT2D eigenvalue weighted by Gasteiger charge is 2.30. The normalized spacial score (nSPS) is 17.7. The lowest BCUT2D eigenvalue weighted by Gasteiger charge is -2.31. The second kappa shape index (κ2) is 7.50. The van der Waals surface area contributed by atoms with E-state index in [-0.39, 0.29) is 6.09 Å². The van der Waals surface area contributed by atoms with Crippen LogP contribution in [-0.4, -0.2) is 29.7 Å². The first kappa shape index (κ1) is 19.3. The van der Waals surface area contributed by atoms with E-state index >= 15 is 0 Å². The summed E-state index contributed by atoms with van der Waals surface area (Å²) in [5.74, 6) is 0. The number of piperidine rings is 1. The van der Waals surface area contributed by atoms with E-state index < -0.39 is 17.3 Å². The molecule has 0 saturated carbocycles. The maximum absolute atomic E-state index is 12.8. The monoisotopic (exact) mass is 355 g/mol. The molecule has 1 aliphatic rings. The summed E-state index contributed by atoms with van der Waals surface area (Å²) in [6.07, 6.45) is -0.668. The zero-order valence-corrected chi connectivity index (χ0v) is 14.8. The number of carbonyl (C=O) groups is 1. The van der Waals surface area contributed by atoms with Crippen molar-refractivity contribution in [3.05, 3.63) is 47.0 Å². The van der Waals surface area contributed by atoms with Crippen molar-refractivity contribution >= 4 is 6.09 Å². The topological polar surface area (TPSA) is 29.5 Å². The van der Waals surface area contributed by atoms with Crippen LogP contribution in [0.15, 0.2) is 35.9 Å². The van der Waals surface area contributed by atoms with Gasteiger partial charge >= 0.3 is 12.3 Å². The summed E-state index contributed by atoms with van der Waals surface area (Å²) in [5, 5.41) is 0. The van der Waals surface area contributed by atoms with E-state index in [0.717, 1.165) is 24.5 Å². The lowest BCUT2D eigenvalue weighted by molar-refractivity contribution is -0.137. The second-order valence-corrected chi connectivity index (χ2v) is 7.27. The van der Waals surface area contributed by atoms with E-state index in [4.69, 9.17) is 4.74 Å². The van der Waals surface area contributed by atoms with Crippen LogP contribution in [0.25, 0.3) is 0 Å². The molecule has 0 radical (unpaired) electrons. The third-order valence-corrected chi connectivity index (χ3v) is 3.85. The van der Waals surface area contributed by atoms with Crippen molar-refractivity contribution in [1.82, 2.24) is 4.90 Å². The number of hydrogen-bond acceptors (Lipinski definition) is 2. The van der Waals surface area contributed by atoms with E-state index in [1.165, 1.54) is 12.1 Å². The fraction of sp³-hybridized carbons (Fsp3) is 0.526. The smallest absolute Gasteiger partial charge is 0.416 e. The van der Waals surface area contributed by atoms with Gasteiger partial charge in [0.1, 0.15) is 5.60 Å². The molecule has 1 saturated heterocycles. The number of nitrogens with zero attached hydrogens (tertiary/aromatic N) is 1. The van der Waals surface area contributed by atoms with E-state index in [1.54, 1.807) is 11.0 Å². The summed E-state index contributed by atoms with van der Waals surface area (Å²) in [4.78, 5) is 13.8. The maximum atomic E-state index is 12.8. The van der Waals surface area contributed by atoms with Crippen LogP contribution in [0.4, 0.5) is 18.0 Å². The zero-order chi connectivity index (χ0) is 18.7. The van der Waals surface area contributed by atoms with Crippen molar-refractivity contribution in [2.45, 2.75) is 51.8 Å². The van der Waals surface area contributed by atoms with Gasteiger partial charge in [0.2, 0.25) is 0 Å². The number of benzene rings is 1. The van der Waals surface area contributed by atoms with Crippen LogP contribution < -0.4 is 0 Å². The Morgan fingerprint density at radius 1 is 1.28 bits per heavy atom. The predicted octanol–water partition coefficient (Wildman–Crippen LogP) is 5.21. The molecule has 0 spiro atoms. The van der Waals surface area contributed by atoms with Gasteiger partial charge in [0.15, 0.2) is 0 Å². The Morgan fingerprint density at radius 3 is 2.64 bits per heavy atom. The van der Waals surface area contributed by atoms with Crippen molar-refractivity contribution in [3.63, 3.8) is 0 Å². The van der Waals surface area contributed by atoms with Crippen LogP contribution in [0.1, 0.15) is 44.7 Å². The highest BCUT2D eigenvalue weighted by atomic mass is 19.4. The molecule has 1 amide bonds. The summed E-state index contributed by atoms with van der Waals surface area (Å²) in [5.41, 5.74) is 0.477. The van der Waals surface area contributed by atoms with Gasteiger partial charge in [0, 0.05) is 13.1 Å². The molecule has 1 aliphatic heterocycles. The van der Waals surface area contributed by atoms with Crippen LogP contribution in [-0.2, 0) is 17.3 Å². The van der Waals surface area contributed by atoms with Crippen LogP contribution in [0.5, 0.6) is 0 Å². The Kier molecular flexibility index (Phi) is 5.80. The van der Waals surface area contributed by atoms with Gasteiger partial charge in [-0.05, 0) is 51.7 Å². The first-order chi connectivity index (χ1) is 11.5. The highest BCUT2D eigenvalue weighted by Crippen LogP contribution is 2.29. The molecular formula is C19H24F3NO2. The lowest BCUT2D eigenvalue weighted by Crippen LogP contribution is -2.40. The number of likely N-dealkylation sites (tertiary alicyclic amines) is 1. The molecule has 1 aromatic carbocycles.